The fourth-order valence-corrected chi connectivity index (χ4v) is 0.767. The van der Waals surface area contributed by atoms with Crippen molar-refractivity contribution >= 4 is 11.6 Å². The third-order valence-corrected chi connectivity index (χ3v) is 1.50. The van der Waals surface area contributed by atoms with Gasteiger partial charge in [0.1, 0.15) is 5.82 Å². The molecule has 0 saturated carbocycles. The van der Waals surface area contributed by atoms with Crippen molar-refractivity contribution in [2.75, 3.05) is 5.32 Å². The van der Waals surface area contributed by atoms with E-state index in [0.29, 0.717) is 5.69 Å². The Kier molecular flexibility index (Phi) is 2.95. The second kappa shape index (κ2) is 3.98. The molecule has 0 atom stereocenters. The number of pyridine rings is 1. The van der Waals surface area contributed by atoms with Gasteiger partial charge in [-0.05, 0) is 0 Å². The smallest absolute Gasteiger partial charge is 0.226 e. The van der Waals surface area contributed by atoms with Crippen molar-refractivity contribution in [1.82, 2.24) is 4.98 Å². The van der Waals surface area contributed by atoms with Crippen LogP contribution in [-0.2, 0) is 4.79 Å². The van der Waals surface area contributed by atoms with Gasteiger partial charge in [-0.2, -0.15) is 0 Å². The maximum absolute atomic E-state index is 12.6. The molecule has 4 heteroatoms. The fourth-order valence-electron chi connectivity index (χ4n) is 0.767. The number of hydrogen-bond donors (Lipinski definition) is 1. The lowest BCUT2D eigenvalue weighted by Gasteiger charge is -2.06. The Morgan fingerprint density at radius 3 is 2.77 bits per heavy atom. The predicted molar refractivity (Wildman–Crippen MR) is 47.7 cm³/mol. The van der Waals surface area contributed by atoms with E-state index in [9.17, 15) is 9.18 Å². The summed E-state index contributed by atoms with van der Waals surface area (Å²) in [5, 5.41) is 2.54. The molecular weight excluding hydrogens is 171 g/mol. The lowest BCUT2D eigenvalue weighted by atomic mass is 10.2. The van der Waals surface area contributed by atoms with Gasteiger partial charge in [-0.3, -0.25) is 9.78 Å². The van der Waals surface area contributed by atoms with Gasteiger partial charge in [-0.25, -0.2) is 4.39 Å². The van der Waals surface area contributed by atoms with E-state index >= 15 is 0 Å². The normalized spacial score (nSPS) is 10.2. The van der Waals surface area contributed by atoms with Gasteiger partial charge in [0.05, 0.1) is 18.1 Å². The van der Waals surface area contributed by atoms with Crippen molar-refractivity contribution in [3.8, 4) is 0 Å². The van der Waals surface area contributed by atoms with Gasteiger partial charge in [-0.1, -0.05) is 13.8 Å². The third-order valence-electron chi connectivity index (χ3n) is 1.50. The maximum atomic E-state index is 12.6. The summed E-state index contributed by atoms with van der Waals surface area (Å²) >= 11 is 0. The molecule has 1 N–H and O–H groups in total. The standard InChI is InChI=1S/C9H11FN2O/c1-6(2)9(13)12-8-3-7(10)4-11-5-8/h3-6H,1-2H3,(H,12,13). The van der Waals surface area contributed by atoms with Gasteiger partial charge in [0, 0.05) is 12.0 Å². The van der Waals surface area contributed by atoms with Crippen molar-refractivity contribution in [2.45, 2.75) is 13.8 Å². The third kappa shape index (κ3) is 2.82. The summed E-state index contributed by atoms with van der Waals surface area (Å²) in [6, 6.07) is 1.23. The van der Waals surface area contributed by atoms with Gasteiger partial charge in [0.15, 0.2) is 0 Å². The Balaban J connectivity index is 2.69. The molecule has 0 aliphatic carbocycles. The molecule has 1 aromatic heterocycles. The molecule has 0 aliphatic rings. The van der Waals surface area contributed by atoms with E-state index in [1.807, 2.05) is 0 Å². The first-order chi connectivity index (χ1) is 6.09. The molecule has 0 bridgehead atoms. The van der Waals surface area contributed by atoms with E-state index in [-0.39, 0.29) is 11.8 Å². The molecule has 0 saturated heterocycles. The highest BCUT2D eigenvalue weighted by atomic mass is 19.1. The number of carbonyl (C=O) groups excluding carboxylic acids is 1. The van der Waals surface area contributed by atoms with Crippen molar-refractivity contribution in [1.29, 1.82) is 0 Å². The number of nitrogens with zero attached hydrogens (tertiary/aromatic N) is 1. The molecule has 13 heavy (non-hydrogen) atoms. The molecule has 0 radical (unpaired) electrons. The van der Waals surface area contributed by atoms with Gasteiger partial charge < -0.3 is 5.32 Å². The average Bonchev–Trinajstić information content (AvgIpc) is 2.04. The Labute approximate surface area is 76.0 Å². The number of halogens is 1. The highest BCUT2D eigenvalue weighted by molar-refractivity contribution is 5.91. The summed E-state index contributed by atoms with van der Waals surface area (Å²) in [4.78, 5) is 14.8. The van der Waals surface area contributed by atoms with E-state index < -0.39 is 5.82 Å². The maximum Gasteiger partial charge on any atom is 0.226 e. The SMILES string of the molecule is CC(C)C(=O)Nc1cncc(F)c1. The second-order valence-corrected chi connectivity index (χ2v) is 3.04. The Morgan fingerprint density at radius 2 is 2.23 bits per heavy atom. The van der Waals surface area contributed by atoms with E-state index in [1.165, 1.54) is 12.3 Å². The molecule has 1 amide bonds. The van der Waals surface area contributed by atoms with Crippen LogP contribution in [0.25, 0.3) is 0 Å². The number of rotatable bonds is 2. The van der Waals surface area contributed by atoms with Crippen molar-refractivity contribution < 1.29 is 9.18 Å². The molecule has 0 aromatic carbocycles. The van der Waals surface area contributed by atoms with Crippen molar-refractivity contribution in [3.05, 3.63) is 24.3 Å². The van der Waals surface area contributed by atoms with Crippen LogP contribution in [-0.4, -0.2) is 10.9 Å². The predicted octanol–water partition coefficient (Wildman–Crippen LogP) is 1.82. The minimum atomic E-state index is -0.457. The molecule has 0 aliphatic heterocycles. The average molecular weight is 182 g/mol. The van der Waals surface area contributed by atoms with Crippen molar-refractivity contribution in [3.63, 3.8) is 0 Å². The molecule has 0 fully saturated rings. The molecule has 0 spiro atoms. The highest BCUT2D eigenvalue weighted by Crippen LogP contribution is 2.08. The van der Waals surface area contributed by atoms with E-state index in [2.05, 4.69) is 10.3 Å². The number of hydrogen-bond acceptors (Lipinski definition) is 2. The van der Waals surface area contributed by atoms with Crippen LogP contribution in [0.3, 0.4) is 0 Å². The quantitative estimate of drug-likeness (QED) is 0.757. The van der Waals surface area contributed by atoms with Crippen LogP contribution in [0.2, 0.25) is 0 Å². The minimum absolute atomic E-state index is 0.122. The molecule has 1 heterocycles. The lowest BCUT2D eigenvalue weighted by molar-refractivity contribution is -0.118. The first-order valence-electron chi connectivity index (χ1n) is 4.01. The van der Waals surface area contributed by atoms with Gasteiger partial charge in [-0.15, -0.1) is 0 Å². The van der Waals surface area contributed by atoms with E-state index in [4.69, 9.17) is 0 Å². The fraction of sp³-hybridized carbons (Fsp3) is 0.333. The zero-order valence-electron chi connectivity index (χ0n) is 7.54. The topological polar surface area (TPSA) is 42.0 Å². The largest absolute Gasteiger partial charge is 0.324 e. The molecule has 0 unspecified atom stereocenters. The van der Waals surface area contributed by atoms with Crippen LogP contribution in [0.4, 0.5) is 10.1 Å². The van der Waals surface area contributed by atoms with Gasteiger partial charge in [0.2, 0.25) is 5.91 Å². The van der Waals surface area contributed by atoms with Crippen LogP contribution in [0.15, 0.2) is 18.5 Å². The second-order valence-electron chi connectivity index (χ2n) is 3.04. The van der Waals surface area contributed by atoms with E-state index in [1.54, 1.807) is 13.8 Å². The lowest BCUT2D eigenvalue weighted by Crippen LogP contribution is -2.17. The van der Waals surface area contributed by atoms with Gasteiger partial charge in [0.25, 0.3) is 0 Å². The van der Waals surface area contributed by atoms with Crippen LogP contribution in [0.5, 0.6) is 0 Å². The summed E-state index contributed by atoms with van der Waals surface area (Å²) in [5.41, 5.74) is 0.388. The minimum Gasteiger partial charge on any atom is -0.324 e. The van der Waals surface area contributed by atoms with Crippen LogP contribution >= 0.6 is 0 Å². The number of nitrogens with one attached hydrogen (secondary N) is 1. The van der Waals surface area contributed by atoms with Crippen LogP contribution in [0.1, 0.15) is 13.8 Å². The van der Waals surface area contributed by atoms with Crippen molar-refractivity contribution in [2.24, 2.45) is 5.92 Å². The zero-order chi connectivity index (χ0) is 9.84. The first-order valence-corrected chi connectivity index (χ1v) is 4.01. The number of anilines is 1. The molecule has 3 nitrogen and oxygen atoms in total. The Morgan fingerprint density at radius 1 is 1.54 bits per heavy atom. The van der Waals surface area contributed by atoms with Crippen LogP contribution < -0.4 is 5.32 Å². The van der Waals surface area contributed by atoms with Crippen LogP contribution in [0, 0.1) is 11.7 Å². The monoisotopic (exact) mass is 182 g/mol. The van der Waals surface area contributed by atoms with E-state index in [0.717, 1.165) is 6.20 Å². The molecular formula is C9H11FN2O. The molecule has 1 aromatic rings. The summed E-state index contributed by atoms with van der Waals surface area (Å²) in [6.07, 6.45) is 2.49. The highest BCUT2D eigenvalue weighted by Gasteiger charge is 2.07. The number of carbonyl (C=O) groups is 1. The van der Waals surface area contributed by atoms with Gasteiger partial charge >= 0.3 is 0 Å². The molecule has 70 valence electrons. The number of aromatic nitrogens is 1. The summed E-state index contributed by atoms with van der Waals surface area (Å²) in [5.74, 6) is -0.725. The summed E-state index contributed by atoms with van der Waals surface area (Å²) in [6.45, 7) is 3.53. The molecule has 1 rings (SSSR count). The first kappa shape index (κ1) is 9.64. The summed E-state index contributed by atoms with van der Waals surface area (Å²) < 4.78 is 12.6. The Bertz CT molecular complexity index is 312. The Hall–Kier alpha value is -1.45. The zero-order valence-corrected chi connectivity index (χ0v) is 7.54. The number of amides is 1. The summed E-state index contributed by atoms with van der Waals surface area (Å²) in [7, 11) is 0.